The van der Waals surface area contributed by atoms with E-state index in [0.717, 1.165) is 12.1 Å². The van der Waals surface area contributed by atoms with Crippen molar-refractivity contribution in [1.29, 1.82) is 0 Å². The minimum absolute atomic E-state index is 0.0522. The van der Waals surface area contributed by atoms with Crippen molar-refractivity contribution in [3.63, 3.8) is 0 Å². The second kappa shape index (κ2) is 6.66. The standard InChI is InChI=1S/C16H24N2O2/c1-12(2)14(11-17-16(3,4)5)9-13-7-6-8-15(10-13)18(19)20/h6-10,12,17H,11H2,1-5H3. The second-order valence-corrected chi connectivity index (χ2v) is 6.33. The average molecular weight is 276 g/mol. The lowest BCUT2D eigenvalue weighted by Gasteiger charge is -2.23. The minimum atomic E-state index is -0.361. The second-order valence-electron chi connectivity index (χ2n) is 6.33. The predicted molar refractivity (Wildman–Crippen MR) is 83.7 cm³/mol. The Balaban J connectivity index is 2.96. The molecule has 0 atom stereocenters. The van der Waals surface area contributed by atoms with Crippen LogP contribution in [0.4, 0.5) is 5.69 Å². The van der Waals surface area contributed by atoms with Crippen molar-refractivity contribution in [2.45, 2.75) is 40.2 Å². The molecule has 0 saturated carbocycles. The molecule has 0 heterocycles. The van der Waals surface area contributed by atoms with Crippen molar-refractivity contribution >= 4 is 11.8 Å². The van der Waals surface area contributed by atoms with Gasteiger partial charge in [0.15, 0.2) is 0 Å². The maximum absolute atomic E-state index is 10.8. The zero-order valence-electron chi connectivity index (χ0n) is 12.9. The fraction of sp³-hybridized carbons (Fsp3) is 0.500. The van der Waals surface area contributed by atoms with Crippen LogP contribution in [-0.4, -0.2) is 17.0 Å². The van der Waals surface area contributed by atoms with E-state index in [1.807, 2.05) is 12.1 Å². The van der Waals surface area contributed by atoms with Crippen molar-refractivity contribution in [3.05, 3.63) is 45.5 Å². The van der Waals surface area contributed by atoms with Crippen LogP contribution in [0.25, 0.3) is 6.08 Å². The lowest BCUT2D eigenvalue weighted by atomic mass is 9.98. The highest BCUT2D eigenvalue weighted by molar-refractivity contribution is 5.56. The van der Waals surface area contributed by atoms with Gasteiger partial charge in [-0.05, 0) is 32.3 Å². The summed E-state index contributed by atoms with van der Waals surface area (Å²) in [6, 6.07) is 6.74. The Morgan fingerprint density at radius 1 is 1.40 bits per heavy atom. The number of non-ortho nitro benzene ring substituents is 1. The monoisotopic (exact) mass is 276 g/mol. The quantitative estimate of drug-likeness (QED) is 0.652. The Kier molecular flexibility index (Phi) is 5.45. The number of nitrogens with zero attached hydrogens (tertiary/aromatic N) is 1. The van der Waals surface area contributed by atoms with Crippen LogP contribution in [0.2, 0.25) is 0 Å². The molecule has 1 aromatic carbocycles. The van der Waals surface area contributed by atoms with Gasteiger partial charge in [0, 0.05) is 24.2 Å². The number of benzene rings is 1. The summed E-state index contributed by atoms with van der Waals surface area (Å²) in [6.07, 6.45) is 2.04. The van der Waals surface area contributed by atoms with Crippen molar-refractivity contribution < 1.29 is 4.92 Å². The summed E-state index contributed by atoms with van der Waals surface area (Å²) in [6.45, 7) is 11.4. The van der Waals surface area contributed by atoms with Gasteiger partial charge in [-0.25, -0.2) is 0 Å². The van der Waals surface area contributed by atoms with Crippen LogP contribution < -0.4 is 5.32 Å². The molecule has 4 nitrogen and oxygen atoms in total. The van der Waals surface area contributed by atoms with Gasteiger partial charge in [0.1, 0.15) is 0 Å². The molecule has 0 amide bonds. The molecule has 1 aromatic rings. The summed E-state index contributed by atoms with van der Waals surface area (Å²) in [5, 5.41) is 14.3. The van der Waals surface area contributed by atoms with Crippen LogP contribution in [0.15, 0.2) is 29.8 Å². The van der Waals surface area contributed by atoms with E-state index >= 15 is 0 Å². The number of hydrogen-bond donors (Lipinski definition) is 1. The third-order valence-corrected chi connectivity index (χ3v) is 3.00. The van der Waals surface area contributed by atoms with E-state index in [2.05, 4.69) is 39.9 Å². The number of nitro benzene ring substituents is 1. The Morgan fingerprint density at radius 2 is 2.05 bits per heavy atom. The van der Waals surface area contributed by atoms with Gasteiger partial charge in [0.25, 0.3) is 5.69 Å². The van der Waals surface area contributed by atoms with E-state index < -0.39 is 0 Å². The third-order valence-electron chi connectivity index (χ3n) is 3.00. The van der Waals surface area contributed by atoms with E-state index in [9.17, 15) is 10.1 Å². The topological polar surface area (TPSA) is 55.2 Å². The van der Waals surface area contributed by atoms with Crippen molar-refractivity contribution in [3.8, 4) is 0 Å². The van der Waals surface area contributed by atoms with Crippen molar-refractivity contribution in [2.24, 2.45) is 5.92 Å². The molecule has 20 heavy (non-hydrogen) atoms. The van der Waals surface area contributed by atoms with E-state index in [1.165, 1.54) is 11.6 Å². The Labute approximate surface area is 121 Å². The van der Waals surface area contributed by atoms with Gasteiger partial charge in [-0.3, -0.25) is 10.1 Å². The molecule has 0 saturated heterocycles. The molecule has 0 aliphatic carbocycles. The fourth-order valence-corrected chi connectivity index (χ4v) is 1.73. The van der Waals surface area contributed by atoms with E-state index in [4.69, 9.17) is 0 Å². The molecule has 0 unspecified atom stereocenters. The zero-order valence-corrected chi connectivity index (χ0v) is 12.9. The third kappa shape index (κ3) is 5.53. The van der Waals surface area contributed by atoms with E-state index in [-0.39, 0.29) is 16.1 Å². The van der Waals surface area contributed by atoms with Crippen molar-refractivity contribution in [2.75, 3.05) is 6.54 Å². The van der Waals surface area contributed by atoms with Gasteiger partial charge in [-0.2, -0.15) is 0 Å². The smallest absolute Gasteiger partial charge is 0.270 e. The van der Waals surface area contributed by atoms with Gasteiger partial charge in [-0.1, -0.05) is 37.6 Å². The summed E-state index contributed by atoms with van der Waals surface area (Å²) in [7, 11) is 0. The molecule has 0 aromatic heterocycles. The molecule has 1 rings (SSSR count). The van der Waals surface area contributed by atoms with Gasteiger partial charge in [0.05, 0.1) is 4.92 Å². The first kappa shape index (κ1) is 16.4. The Morgan fingerprint density at radius 3 is 2.55 bits per heavy atom. The number of nitrogens with one attached hydrogen (secondary N) is 1. The average Bonchev–Trinajstić information content (AvgIpc) is 2.33. The predicted octanol–water partition coefficient (Wildman–Crippen LogP) is 4.02. The summed E-state index contributed by atoms with van der Waals surface area (Å²) in [5.41, 5.74) is 2.29. The van der Waals surface area contributed by atoms with E-state index in [1.54, 1.807) is 12.1 Å². The van der Waals surface area contributed by atoms with Gasteiger partial charge < -0.3 is 5.32 Å². The first-order chi connectivity index (χ1) is 9.19. The molecule has 0 aliphatic rings. The normalized spacial score (nSPS) is 12.8. The molecule has 0 fully saturated rings. The van der Waals surface area contributed by atoms with Crippen LogP contribution in [-0.2, 0) is 0 Å². The fourth-order valence-electron chi connectivity index (χ4n) is 1.73. The van der Waals surface area contributed by atoms with Crippen LogP contribution >= 0.6 is 0 Å². The summed E-state index contributed by atoms with van der Waals surface area (Å²) in [5.74, 6) is 0.393. The number of hydrogen-bond acceptors (Lipinski definition) is 3. The Bertz CT molecular complexity index is 499. The van der Waals surface area contributed by atoms with Crippen molar-refractivity contribution in [1.82, 2.24) is 5.32 Å². The van der Waals surface area contributed by atoms with Gasteiger partial charge in [-0.15, -0.1) is 0 Å². The van der Waals surface area contributed by atoms with Crippen LogP contribution in [0, 0.1) is 16.0 Å². The van der Waals surface area contributed by atoms with Crippen LogP contribution in [0.1, 0.15) is 40.2 Å². The number of rotatable bonds is 5. The first-order valence-corrected chi connectivity index (χ1v) is 6.89. The molecule has 0 spiro atoms. The highest BCUT2D eigenvalue weighted by Crippen LogP contribution is 2.19. The molecule has 110 valence electrons. The molecule has 0 bridgehead atoms. The lowest BCUT2D eigenvalue weighted by Crippen LogP contribution is -2.37. The zero-order chi connectivity index (χ0) is 15.3. The Hall–Kier alpha value is -1.68. The molecular weight excluding hydrogens is 252 g/mol. The highest BCUT2D eigenvalue weighted by atomic mass is 16.6. The molecular formula is C16H24N2O2. The maximum atomic E-state index is 10.8. The van der Waals surface area contributed by atoms with Gasteiger partial charge >= 0.3 is 0 Å². The summed E-state index contributed by atoms with van der Waals surface area (Å²) in [4.78, 5) is 10.4. The summed E-state index contributed by atoms with van der Waals surface area (Å²) >= 11 is 0. The SMILES string of the molecule is CC(C)C(=Cc1cccc([N+](=O)[O-])c1)CNC(C)(C)C. The molecule has 0 aliphatic heterocycles. The lowest BCUT2D eigenvalue weighted by molar-refractivity contribution is -0.384. The van der Waals surface area contributed by atoms with Crippen LogP contribution in [0.5, 0.6) is 0 Å². The molecule has 4 heteroatoms. The number of nitro groups is 1. The molecule has 1 N–H and O–H groups in total. The van der Waals surface area contributed by atoms with E-state index in [0.29, 0.717) is 5.92 Å². The van der Waals surface area contributed by atoms with Crippen LogP contribution in [0.3, 0.4) is 0 Å². The van der Waals surface area contributed by atoms with Gasteiger partial charge in [0.2, 0.25) is 0 Å². The largest absolute Gasteiger partial charge is 0.308 e. The highest BCUT2D eigenvalue weighted by Gasteiger charge is 2.12. The minimum Gasteiger partial charge on any atom is -0.308 e. The molecule has 0 radical (unpaired) electrons. The maximum Gasteiger partial charge on any atom is 0.270 e. The summed E-state index contributed by atoms with van der Waals surface area (Å²) < 4.78 is 0. The first-order valence-electron chi connectivity index (χ1n) is 6.89.